The molecular weight excluding hydrogens is 248 g/mol. The molecule has 2 aromatic rings. The van der Waals surface area contributed by atoms with Crippen molar-refractivity contribution in [2.45, 2.75) is 46.2 Å². The van der Waals surface area contributed by atoms with E-state index < -0.39 is 0 Å². The summed E-state index contributed by atoms with van der Waals surface area (Å²) in [4.78, 5) is 2.50. The first-order valence-electron chi connectivity index (χ1n) is 7.37. The molecule has 1 aromatic carbocycles. The predicted molar refractivity (Wildman–Crippen MR) is 79.5 cm³/mol. The van der Waals surface area contributed by atoms with E-state index in [4.69, 9.17) is 4.52 Å². The summed E-state index contributed by atoms with van der Waals surface area (Å²) in [5.74, 6) is 1.02. The Kier molecular flexibility index (Phi) is 3.62. The summed E-state index contributed by atoms with van der Waals surface area (Å²) in [6.45, 7) is 8.45. The molecule has 1 aliphatic heterocycles. The molecule has 1 atom stereocenters. The second-order valence-corrected chi connectivity index (χ2v) is 5.92. The topological polar surface area (TPSA) is 29.3 Å². The quantitative estimate of drug-likeness (QED) is 0.846. The van der Waals surface area contributed by atoms with E-state index in [1.165, 1.54) is 29.5 Å². The Morgan fingerprint density at radius 2 is 2.05 bits per heavy atom. The molecule has 1 aliphatic rings. The maximum Gasteiger partial charge on any atom is 0.154 e. The molecule has 0 radical (unpaired) electrons. The standard InChI is InChI=1S/C17H22N2O/c1-12-6-7-15(9-13(12)2)11-19-8-4-5-16(19)17-10-14(3)18-20-17/h6-7,9-10,16H,4-5,8,11H2,1-3H3. The van der Waals surface area contributed by atoms with E-state index in [1.54, 1.807) is 0 Å². The third kappa shape index (κ3) is 2.63. The van der Waals surface area contributed by atoms with Crippen molar-refractivity contribution < 1.29 is 4.52 Å². The van der Waals surface area contributed by atoms with Gasteiger partial charge in [-0.05, 0) is 56.8 Å². The van der Waals surface area contributed by atoms with E-state index in [0.29, 0.717) is 6.04 Å². The highest BCUT2D eigenvalue weighted by molar-refractivity contribution is 5.30. The number of hydrogen-bond acceptors (Lipinski definition) is 3. The fourth-order valence-corrected chi connectivity index (χ4v) is 3.01. The Morgan fingerprint density at radius 3 is 2.75 bits per heavy atom. The normalized spacial score (nSPS) is 19.6. The maximum atomic E-state index is 5.47. The van der Waals surface area contributed by atoms with Crippen LogP contribution in [0.5, 0.6) is 0 Å². The van der Waals surface area contributed by atoms with Gasteiger partial charge in [-0.3, -0.25) is 4.90 Å². The molecule has 2 heterocycles. The first-order valence-corrected chi connectivity index (χ1v) is 7.37. The van der Waals surface area contributed by atoms with Gasteiger partial charge in [-0.15, -0.1) is 0 Å². The highest BCUT2D eigenvalue weighted by atomic mass is 16.5. The van der Waals surface area contributed by atoms with Gasteiger partial charge in [-0.1, -0.05) is 23.4 Å². The van der Waals surface area contributed by atoms with E-state index in [9.17, 15) is 0 Å². The van der Waals surface area contributed by atoms with Gasteiger partial charge in [-0.2, -0.15) is 0 Å². The summed E-state index contributed by atoms with van der Waals surface area (Å²) in [6, 6.07) is 9.22. The van der Waals surface area contributed by atoms with Crippen molar-refractivity contribution in [1.82, 2.24) is 10.1 Å². The number of benzene rings is 1. The van der Waals surface area contributed by atoms with Gasteiger partial charge in [0.05, 0.1) is 11.7 Å². The number of aryl methyl sites for hydroxylation is 3. The van der Waals surface area contributed by atoms with E-state index >= 15 is 0 Å². The Labute approximate surface area is 120 Å². The third-order valence-corrected chi connectivity index (χ3v) is 4.30. The van der Waals surface area contributed by atoms with Crippen LogP contribution in [-0.2, 0) is 6.54 Å². The molecule has 3 nitrogen and oxygen atoms in total. The van der Waals surface area contributed by atoms with E-state index in [-0.39, 0.29) is 0 Å². The molecule has 1 fully saturated rings. The average Bonchev–Trinajstić information content (AvgIpc) is 3.03. The fourth-order valence-electron chi connectivity index (χ4n) is 3.01. The zero-order chi connectivity index (χ0) is 14.1. The fraction of sp³-hybridized carbons (Fsp3) is 0.471. The minimum Gasteiger partial charge on any atom is -0.359 e. The van der Waals surface area contributed by atoms with Crippen molar-refractivity contribution in [2.75, 3.05) is 6.54 Å². The lowest BCUT2D eigenvalue weighted by Crippen LogP contribution is -2.22. The zero-order valence-corrected chi connectivity index (χ0v) is 12.5. The van der Waals surface area contributed by atoms with Crippen molar-refractivity contribution in [2.24, 2.45) is 0 Å². The van der Waals surface area contributed by atoms with Crippen molar-refractivity contribution in [3.63, 3.8) is 0 Å². The van der Waals surface area contributed by atoms with E-state index in [1.807, 2.05) is 6.92 Å². The van der Waals surface area contributed by atoms with Crippen molar-refractivity contribution >= 4 is 0 Å². The maximum absolute atomic E-state index is 5.47. The van der Waals surface area contributed by atoms with Crippen LogP contribution in [0, 0.1) is 20.8 Å². The number of likely N-dealkylation sites (tertiary alicyclic amines) is 1. The minimum atomic E-state index is 0.387. The van der Waals surface area contributed by atoms with Crippen LogP contribution in [0.4, 0.5) is 0 Å². The van der Waals surface area contributed by atoms with Crippen molar-refractivity contribution in [3.05, 3.63) is 52.4 Å². The van der Waals surface area contributed by atoms with Crippen LogP contribution in [0.3, 0.4) is 0 Å². The number of rotatable bonds is 3. The van der Waals surface area contributed by atoms with Gasteiger partial charge in [0, 0.05) is 12.6 Å². The van der Waals surface area contributed by atoms with Gasteiger partial charge in [-0.25, -0.2) is 0 Å². The summed E-state index contributed by atoms with van der Waals surface area (Å²) >= 11 is 0. The highest BCUT2D eigenvalue weighted by Crippen LogP contribution is 2.33. The first-order chi connectivity index (χ1) is 9.63. The van der Waals surface area contributed by atoms with Crippen LogP contribution < -0.4 is 0 Å². The van der Waals surface area contributed by atoms with Gasteiger partial charge in [0.1, 0.15) is 0 Å². The molecule has 0 aliphatic carbocycles. The molecular formula is C17H22N2O. The van der Waals surface area contributed by atoms with Crippen molar-refractivity contribution in [3.8, 4) is 0 Å². The van der Waals surface area contributed by atoms with Gasteiger partial charge < -0.3 is 4.52 Å². The molecule has 0 bridgehead atoms. The lowest BCUT2D eigenvalue weighted by atomic mass is 10.1. The van der Waals surface area contributed by atoms with Gasteiger partial charge >= 0.3 is 0 Å². The molecule has 1 aromatic heterocycles. The SMILES string of the molecule is Cc1cc(C2CCCN2Cc2ccc(C)c(C)c2)on1. The molecule has 0 spiro atoms. The van der Waals surface area contributed by atoms with Crippen LogP contribution in [-0.4, -0.2) is 16.6 Å². The van der Waals surface area contributed by atoms with E-state index in [0.717, 1.165) is 24.5 Å². The molecule has 3 rings (SSSR count). The monoisotopic (exact) mass is 270 g/mol. The predicted octanol–water partition coefficient (Wildman–Crippen LogP) is 3.94. The summed E-state index contributed by atoms with van der Waals surface area (Å²) in [5.41, 5.74) is 5.08. The minimum absolute atomic E-state index is 0.387. The van der Waals surface area contributed by atoms with Crippen LogP contribution in [0.15, 0.2) is 28.8 Å². The highest BCUT2D eigenvalue weighted by Gasteiger charge is 2.28. The van der Waals surface area contributed by atoms with Crippen LogP contribution in [0.1, 0.15) is 47.0 Å². The molecule has 0 N–H and O–H groups in total. The summed E-state index contributed by atoms with van der Waals surface area (Å²) in [5, 5.41) is 4.03. The van der Waals surface area contributed by atoms with E-state index in [2.05, 4.69) is 48.2 Å². The Morgan fingerprint density at radius 1 is 1.20 bits per heavy atom. The molecule has 1 unspecified atom stereocenters. The lowest BCUT2D eigenvalue weighted by Gasteiger charge is -2.22. The first kappa shape index (κ1) is 13.4. The third-order valence-electron chi connectivity index (χ3n) is 4.30. The van der Waals surface area contributed by atoms with Crippen molar-refractivity contribution in [1.29, 1.82) is 0 Å². The average molecular weight is 270 g/mol. The van der Waals surface area contributed by atoms with Crippen LogP contribution in [0.2, 0.25) is 0 Å². The molecule has 0 amide bonds. The van der Waals surface area contributed by atoms with Gasteiger partial charge in [0.25, 0.3) is 0 Å². The molecule has 20 heavy (non-hydrogen) atoms. The number of nitrogens with zero attached hydrogens (tertiary/aromatic N) is 2. The van der Waals surface area contributed by atoms with Crippen LogP contribution in [0.25, 0.3) is 0 Å². The summed E-state index contributed by atoms with van der Waals surface area (Å²) < 4.78 is 5.47. The van der Waals surface area contributed by atoms with Gasteiger partial charge in [0.2, 0.25) is 0 Å². The second-order valence-electron chi connectivity index (χ2n) is 5.92. The molecule has 1 saturated heterocycles. The Balaban J connectivity index is 1.77. The van der Waals surface area contributed by atoms with Gasteiger partial charge in [0.15, 0.2) is 5.76 Å². The number of hydrogen-bond donors (Lipinski definition) is 0. The summed E-state index contributed by atoms with van der Waals surface area (Å²) in [6.07, 6.45) is 2.40. The Hall–Kier alpha value is -1.61. The summed E-state index contributed by atoms with van der Waals surface area (Å²) in [7, 11) is 0. The largest absolute Gasteiger partial charge is 0.359 e. The molecule has 106 valence electrons. The second kappa shape index (κ2) is 5.41. The smallest absolute Gasteiger partial charge is 0.154 e. The molecule has 0 saturated carbocycles. The lowest BCUT2D eigenvalue weighted by molar-refractivity contribution is 0.206. The zero-order valence-electron chi connectivity index (χ0n) is 12.5. The molecule has 3 heteroatoms. The van der Waals surface area contributed by atoms with Crippen LogP contribution >= 0.6 is 0 Å². The Bertz CT molecular complexity index is 603. The number of aromatic nitrogens is 1.